The van der Waals surface area contributed by atoms with Gasteiger partial charge >= 0.3 is 0 Å². The lowest BCUT2D eigenvalue weighted by molar-refractivity contribution is 0.809. The van der Waals surface area contributed by atoms with Gasteiger partial charge in [-0.15, -0.1) is 10.2 Å². The van der Waals surface area contributed by atoms with Crippen molar-refractivity contribution in [2.45, 2.75) is 124 Å². The van der Waals surface area contributed by atoms with E-state index in [1.165, 1.54) is 111 Å². The third kappa shape index (κ3) is 4.57. The van der Waals surface area contributed by atoms with Crippen molar-refractivity contribution in [1.29, 1.82) is 0 Å². The van der Waals surface area contributed by atoms with Crippen LogP contribution >= 0.6 is 0 Å². The summed E-state index contributed by atoms with van der Waals surface area (Å²) < 4.78 is 4.25. The Kier molecular flexibility index (Phi) is 8.14. The van der Waals surface area contributed by atoms with E-state index in [0.717, 1.165) is 22.1 Å². The van der Waals surface area contributed by atoms with Gasteiger partial charge in [-0.3, -0.25) is 0 Å². The summed E-state index contributed by atoms with van der Waals surface area (Å²) in [4.78, 5) is 0. The molecule has 0 saturated carbocycles. The third-order valence-electron chi connectivity index (χ3n) is 13.0. The molecule has 0 saturated heterocycles. The average molecular weight is 671 g/mol. The zero-order valence-corrected chi connectivity index (χ0v) is 34.2. The van der Waals surface area contributed by atoms with Crippen LogP contribution in [0, 0.1) is 111 Å². The standard InChI is InChI=1S/C42H54N6Si/c1-19-21(3)25(7)39-35(23(19)5)43-45-47(39)37-27(9)31(13)41(32(14)28(37)10)49(17,18)42-33(15)29(11)38(30(12)34(42)16)48-40-26(8)22(4)20(2)24(6)36(40)44-46-48/h1-18H3. The number of hydrogen-bond acceptors (Lipinski definition) is 4. The number of benzene rings is 4. The molecular weight excluding hydrogens is 617 g/mol. The smallest absolute Gasteiger partial charge is 0.117 e. The Morgan fingerprint density at radius 1 is 0.327 bits per heavy atom. The summed E-state index contributed by atoms with van der Waals surface area (Å²) in [5, 5.41) is 22.2. The van der Waals surface area contributed by atoms with Crippen LogP contribution in [0.5, 0.6) is 0 Å². The number of hydrogen-bond donors (Lipinski definition) is 0. The zero-order valence-electron chi connectivity index (χ0n) is 33.2. The number of fused-ring (bicyclic) bond motifs is 2. The summed E-state index contributed by atoms with van der Waals surface area (Å²) in [6.07, 6.45) is 0. The minimum absolute atomic E-state index is 1.00. The lowest BCUT2D eigenvalue weighted by Gasteiger charge is -2.35. The van der Waals surface area contributed by atoms with E-state index in [2.05, 4.69) is 133 Å². The first-order valence-corrected chi connectivity index (χ1v) is 20.6. The molecule has 0 N–H and O–H groups in total. The van der Waals surface area contributed by atoms with Crippen molar-refractivity contribution >= 4 is 40.5 Å². The van der Waals surface area contributed by atoms with E-state index in [0.29, 0.717) is 0 Å². The fraction of sp³-hybridized carbons (Fsp3) is 0.429. The number of rotatable bonds is 4. The maximum Gasteiger partial charge on any atom is 0.117 e. The maximum absolute atomic E-state index is 4.82. The molecule has 0 amide bonds. The first-order chi connectivity index (χ1) is 22.8. The summed E-state index contributed by atoms with van der Waals surface area (Å²) in [5.41, 5.74) is 27.4. The predicted molar refractivity (Wildman–Crippen MR) is 210 cm³/mol. The van der Waals surface area contributed by atoms with Crippen molar-refractivity contribution in [3.8, 4) is 11.4 Å². The zero-order chi connectivity index (χ0) is 36.3. The first-order valence-electron chi connectivity index (χ1n) is 17.6. The second kappa shape index (κ2) is 11.5. The second-order valence-corrected chi connectivity index (χ2v) is 19.7. The molecule has 2 aromatic heterocycles. The summed E-state index contributed by atoms with van der Waals surface area (Å²) in [6, 6.07) is 0. The van der Waals surface area contributed by atoms with E-state index < -0.39 is 8.07 Å². The fourth-order valence-corrected chi connectivity index (χ4v) is 13.9. The highest BCUT2D eigenvalue weighted by atomic mass is 28.3. The van der Waals surface area contributed by atoms with E-state index in [4.69, 9.17) is 20.6 Å². The van der Waals surface area contributed by atoms with E-state index >= 15 is 0 Å². The summed E-state index contributed by atoms with van der Waals surface area (Å²) in [7, 11) is -2.25. The monoisotopic (exact) mass is 670 g/mol. The van der Waals surface area contributed by atoms with E-state index in [-0.39, 0.29) is 0 Å². The fourth-order valence-electron chi connectivity index (χ4n) is 9.11. The van der Waals surface area contributed by atoms with Gasteiger partial charge in [-0.25, -0.2) is 9.36 Å². The summed E-state index contributed by atoms with van der Waals surface area (Å²) >= 11 is 0. The van der Waals surface area contributed by atoms with Crippen LogP contribution in [0.1, 0.15) is 89.0 Å². The quantitative estimate of drug-likeness (QED) is 0.176. The average Bonchev–Trinajstić information content (AvgIpc) is 3.68. The molecule has 6 aromatic rings. The molecule has 4 aromatic carbocycles. The molecule has 0 unspecified atom stereocenters. The minimum atomic E-state index is -2.25. The topological polar surface area (TPSA) is 61.4 Å². The number of nitrogens with zero attached hydrogens (tertiary/aromatic N) is 6. The molecule has 0 aliphatic heterocycles. The summed E-state index contributed by atoms with van der Waals surface area (Å²) in [5.74, 6) is 0. The van der Waals surface area contributed by atoms with Crippen LogP contribution in [0.25, 0.3) is 33.4 Å². The molecule has 2 heterocycles. The molecule has 0 radical (unpaired) electrons. The molecule has 0 aliphatic rings. The lowest BCUT2D eigenvalue weighted by atomic mass is 9.95. The minimum Gasteiger partial charge on any atom is -0.212 e. The van der Waals surface area contributed by atoms with Gasteiger partial charge in [0.2, 0.25) is 0 Å². The SMILES string of the molecule is Cc1c(C)c([Si](C)(C)c2c(C)c(C)c(-n3nnc4c(C)c(C)c(C)c(C)c43)c(C)c2C)c(C)c(C)c1-n1nnc2c(C)c(C)c(C)c(C)c21. The predicted octanol–water partition coefficient (Wildman–Crippen LogP) is 8.91. The Balaban J connectivity index is 1.59. The highest BCUT2D eigenvalue weighted by Gasteiger charge is 2.36. The van der Waals surface area contributed by atoms with Crippen molar-refractivity contribution in [1.82, 2.24) is 30.0 Å². The summed E-state index contributed by atoms with van der Waals surface area (Å²) in [6.45, 7) is 41.1. The van der Waals surface area contributed by atoms with Crippen LogP contribution in [0.3, 0.4) is 0 Å². The maximum atomic E-state index is 4.82. The van der Waals surface area contributed by atoms with Gasteiger partial charge in [-0.2, -0.15) is 0 Å². The van der Waals surface area contributed by atoms with Crippen LogP contribution in [0.4, 0.5) is 0 Å². The van der Waals surface area contributed by atoms with Crippen molar-refractivity contribution in [3.63, 3.8) is 0 Å². The molecule has 0 fully saturated rings. The Morgan fingerprint density at radius 2 is 0.592 bits per heavy atom. The van der Waals surface area contributed by atoms with Crippen molar-refractivity contribution < 1.29 is 0 Å². The molecule has 6 rings (SSSR count). The molecule has 0 aliphatic carbocycles. The number of aryl methyl sites for hydroxylation is 4. The van der Waals surface area contributed by atoms with Gasteiger partial charge < -0.3 is 0 Å². The van der Waals surface area contributed by atoms with Gasteiger partial charge in [0.15, 0.2) is 0 Å². The molecular formula is C42H54N6Si. The van der Waals surface area contributed by atoms with Gasteiger partial charge in [0.05, 0.1) is 22.4 Å². The van der Waals surface area contributed by atoms with Gasteiger partial charge in [0.25, 0.3) is 0 Å². The molecule has 6 nitrogen and oxygen atoms in total. The van der Waals surface area contributed by atoms with Crippen molar-refractivity contribution in [2.75, 3.05) is 0 Å². The van der Waals surface area contributed by atoms with Crippen LogP contribution in [0.2, 0.25) is 13.1 Å². The van der Waals surface area contributed by atoms with Gasteiger partial charge in [-0.1, -0.05) is 23.5 Å². The Bertz CT molecular complexity index is 2190. The second-order valence-electron chi connectivity index (χ2n) is 15.5. The highest BCUT2D eigenvalue weighted by molar-refractivity contribution is 7.01. The van der Waals surface area contributed by atoms with Crippen LogP contribution in [-0.2, 0) is 0 Å². The van der Waals surface area contributed by atoms with E-state index in [1.54, 1.807) is 0 Å². The van der Waals surface area contributed by atoms with Crippen molar-refractivity contribution in [2.24, 2.45) is 0 Å². The van der Waals surface area contributed by atoms with Crippen LogP contribution in [-0.4, -0.2) is 38.1 Å². The lowest BCUT2D eigenvalue weighted by Crippen LogP contribution is -2.58. The Hall–Kier alpha value is -4.10. The van der Waals surface area contributed by atoms with Crippen LogP contribution < -0.4 is 10.4 Å². The van der Waals surface area contributed by atoms with E-state index in [1.807, 2.05) is 0 Å². The third-order valence-corrected chi connectivity index (χ3v) is 17.0. The molecule has 49 heavy (non-hydrogen) atoms. The molecule has 0 atom stereocenters. The number of aromatic nitrogens is 6. The first kappa shape index (κ1) is 34.7. The van der Waals surface area contributed by atoms with Gasteiger partial charge in [0, 0.05) is 0 Å². The molecule has 256 valence electrons. The molecule has 0 spiro atoms. The van der Waals surface area contributed by atoms with Gasteiger partial charge in [-0.05, 0) is 210 Å². The van der Waals surface area contributed by atoms with Crippen molar-refractivity contribution in [3.05, 3.63) is 89.0 Å². The normalized spacial score (nSPS) is 12.3. The largest absolute Gasteiger partial charge is 0.212 e. The highest BCUT2D eigenvalue weighted by Crippen LogP contribution is 2.36. The Morgan fingerprint density at radius 3 is 0.878 bits per heavy atom. The van der Waals surface area contributed by atoms with Crippen LogP contribution in [0.15, 0.2) is 0 Å². The Labute approximate surface area is 294 Å². The van der Waals surface area contributed by atoms with Gasteiger partial charge in [0.1, 0.15) is 19.1 Å². The molecule has 7 heteroatoms. The molecule has 0 bridgehead atoms. The van der Waals surface area contributed by atoms with E-state index in [9.17, 15) is 0 Å².